The molecule has 1 amide bonds. The lowest BCUT2D eigenvalue weighted by molar-refractivity contribution is -0.136. The molecule has 0 saturated heterocycles. The Labute approximate surface area is 236 Å². The number of rotatable bonds is 7. The zero-order valence-electron chi connectivity index (χ0n) is 23.1. The third-order valence-corrected chi connectivity index (χ3v) is 6.41. The highest BCUT2D eigenvalue weighted by atomic mass is 16.6. The van der Waals surface area contributed by atoms with Gasteiger partial charge in [0.2, 0.25) is 0 Å². The number of amides is 1. The van der Waals surface area contributed by atoms with Crippen LogP contribution in [0.5, 0.6) is 11.5 Å². The standard InChI is InChI=1S/C32H30N2O7/c1-32(2,3)41-31(37)34-27(15-20-18-33-26-8-6-5-7-23(20)26)30(36)39-22-13-14-24-25(17-29(35)40-28(24)16-22)19-9-11-21(38-4)12-10-19/h5-14,16-18,27,33H,15H2,1-4H3,(H,34,37). The first-order chi connectivity index (χ1) is 19.6. The van der Waals surface area contributed by atoms with E-state index >= 15 is 0 Å². The summed E-state index contributed by atoms with van der Waals surface area (Å²) in [7, 11) is 1.58. The minimum atomic E-state index is -1.06. The number of benzene rings is 3. The van der Waals surface area contributed by atoms with Crippen LogP contribution in [0, 0.1) is 0 Å². The van der Waals surface area contributed by atoms with Crippen LogP contribution in [0.3, 0.4) is 0 Å². The third kappa shape index (κ3) is 6.41. The number of methoxy groups -OCH3 is 1. The second-order valence-electron chi connectivity index (χ2n) is 10.5. The van der Waals surface area contributed by atoms with Gasteiger partial charge in [-0.1, -0.05) is 30.3 Å². The Morgan fingerprint density at radius 2 is 1.68 bits per heavy atom. The number of carbonyl (C=O) groups excluding carboxylic acids is 2. The molecule has 210 valence electrons. The molecule has 0 aliphatic carbocycles. The lowest BCUT2D eigenvalue weighted by atomic mass is 10.0. The Kier molecular flexibility index (Phi) is 7.52. The SMILES string of the molecule is COc1ccc(-c2cc(=O)oc3cc(OC(=O)C(Cc4c[nH]c5ccccc45)NC(=O)OC(C)(C)C)ccc23)cc1. The number of alkyl carbamates (subject to hydrolysis) is 1. The van der Waals surface area contributed by atoms with Gasteiger partial charge in [-0.15, -0.1) is 0 Å². The van der Waals surface area contributed by atoms with Crippen molar-refractivity contribution in [2.75, 3.05) is 7.11 Å². The van der Waals surface area contributed by atoms with Crippen LogP contribution in [0.15, 0.2) is 88.2 Å². The van der Waals surface area contributed by atoms with Gasteiger partial charge < -0.3 is 28.9 Å². The van der Waals surface area contributed by atoms with Gasteiger partial charge >= 0.3 is 17.7 Å². The molecule has 3 aromatic carbocycles. The maximum atomic E-state index is 13.4. The predicted octanol–water partition coefficient (Wildman–Crippen LogP) is 5.99. The molecule has 5 aromatic rings. The monoisotopic (exact) mass is 554 g/mol. The van der Waals surface area contributed by atoms with E-state index in [1.807, 2.05) is 36.4 Å². The molecule has 2 heterocycles. The lowest BCUT2D eigenvalue weighted by Gasteiger charge is -2.23. The second kappa shape index (κ2) is 11.2. The van der Waals surface area contributed by atoms with Gasteiger partial charge in [0.25, 0.3) is 0 Å². The number of esters is 1. The van der Waals surface area contributed by atoms with Crippen molar-refractivity contribution in [3.05, 3.63) is 95.0 Å². The number of ether oxygens (including phenoxy) is 3. The lowest BCUT2D eigenvalue weighted by Crippen LogP contribution is -2.46. The molecule has 2 N–H and O–H groups in total. The Bertz CT molecular complexity index is 1780. The number of carbonyl (C=O) groups is 2. The molecule has 9 nitrogen and oxygen atoms in total. The summed E-state index contributed by atoms with van der Waals surface area (Å²) < 4.78 is 21.8. The van der Waals surface area contributed by atoms with Gasteiger partial charge in [0.15, 0.2) is 0 Å². The second-order valence-corrected chi connectivity index (χ2v) is 10.5. The quantitative estimate of drug-likeness (QED) is 0.144. The number of hydrogen-bond donors (Lipinski definition) is 2. The highest BCUT2D eigenvalue weighted by Gasteiger charge is 2.27. The maximum Gasteiger partial charge on any atom is 0.408 e. The van der Waals surface area contributed by atoms with E-state index in [4.69, 9.17) is 18.6 Å². The molecule has 2 aromatic heterocycles. The fourth-order valence-electron chi connectivity index (χ4n) is 4.57. The molecular weight excluding hydrogens is 524 g/mol. The maximum absolute atomic E-state index is 13.4. The normalized spacial score (nSPS) is 12.2. The summed E-state index contributed by atoms with van der Waals surface area (Å²) in [5.41, 5.74) is 2.15. The highest BCUT2D eigenvalue weighted by molar-refractivity contribution is 5.94. The predicted molar refractivity (Wildman–Crippen MR) is 155 cm³/mol. The topological polar surface area (TPSA) is 120 Å². The van der Waals surface area contributed by atoms with E-state index in [-0.39, 0.29) is 17.8 Å². The van der Waals surface area contributed by atoms with Crippen LogP contribution in [-0.2, 0) is 16.0 Å². The number of fused-ring (bicyclic) bond motifs is 2. The number of aromatic nitrogens is 1. The number of nitrogens with one attached hydrogen (secondary N) is 2. The zero-order chi connectivity index (χ0) is 29.1. The molecule has 5 rings (SSSR count). The summed E-state index contributed by atoms with van der Waals surface area (Å²) in [6, 6.07) is 20.1. The summed E-state index contributed by atoms with van der Waals surface area (Å²) >= 11 is 0. The fraction of sp³-hybridized carbons (Fsp3) is 0.219. The van der Waals surface area contributed by atoms with Crippen molar-refractivity contribution in [3.8, 4) is 22.6 Å². The largest absolute Gasteiger partial charge is 0.497 e. The van der Waals surface area contributed by atoms with E-state index in [0.29, 0.717) is 16.7 Å². The van der Waals surface area contributed by atoms with Gasteiger partial charge in [0, 0.05) is 41.0 Å². The molecule has 0 aliphatic rings. The van der Waals surface area contributed by atoms with Gasteiger partial charge in [-0.2, -0.15) is 0 Å². The average Bonchev–Trinajstić information content (AvgIpc) is 3.34. The first-order valence-corrected chi connectivity index (χ1v) is 13.1. The summed E-state index contributed by atoms with van der Waals surface area (Å²) in [6.45, 7) is 5.22. The van der Waals surface area contributed by atoms with E-state index < -0.39 is 29.3 Å². The Hall–Kier alpha value is -5.05. The van der Waals surface area contributed by atoms with Crippen LogP contribution in [0.1, 0.15) is 26.3 Å². The molecule has 41 heavy (non-hydrogen) atoms. The molecular formula is C32H30N2O7. The first-order valence-electron chi connectivity index (χ1n) is 13.1. The van der Waals surface area contributed by atoms with Crippen LogP contribution < -0.4 is 20.4 Å². The van der Waals surface area contributed by atoms with Crippen molar-refractivity contribution < 1.29 is 28.2 Å². The number of H-pyrrole nitrogens is 1. The molecule has 0 spiro atoms. The van der Waals surface area contributed by atoms with E-state index in [2.05, 4.69) is 10.3 Å². The smallest absolute Gasteiger partial charge is 0.408 e. The van der Waals surface area contributed by atoms with Crippen LogP contribution in [0.25, 0.3) is 33.0 Å². The van der Waals surface area contributed by atoms with E-state index in [0.717, 1.165) is 22.0 Å². The first kappa shape index (κ1) is 27.5. The molecule has 0 saturated carbocycles. The van der Waals surface area contributed by atoms with E-state index in [1.54, 1.807) is 58.3 Å². The van der Waals surface area contributed by atoms with Gasteiger partial charge in [0.05, 0.1) is 7.11 Å². The van der Waals surface area contributed by atoms with Crippen LogP contribution in [0.4, 0.5) is 4.79 Å². The minimum Gasteiger partial charge on any atom is -0.497 e. The number of aromatic amines is 1. The Morgan fingerprint density at radius 1 is 0.951 bits per heavy atom. The van der Waals surface area contributed by atoms with Crippen LogP contribution in [-0.4, -0.2) is 35.8 Å². The van der Waals surface area contributed by atoms with Crippen LogP contribution >= 0.6 is 0 Å². The molecule has 0 fully saturated rings. The number of hydrogen-bond acceptors (Lipinski definition) is 7. The minimum absolute atomic E-state index is 0.159. The van der Waals surface area contributed by atoms with Crippen molar-refractivity contribution in [1.82, 2.24) is 10.3 Å². The Balaban J connectivity index is 1.43. The van der Waals surface area contributed by atoms with Crippen molar-refractivity contribution in [2.45, 2.75) is 38.8 Å². The third-order valence-electron chi connectivity index (χ3n) is 6.41. The molecule has 0 radical (unpaired) electrons. The molecule has 0 aliphatic heterocycles. The fourth-order valence-corrected chi connectivity index (χ4v) is 4.57. The van der Waals surface area contributed by atoms with Crippen molar-refractivity contribution in [2.24, 2.45) is 0 Å². The summed E-state index contributed by atoms with van der Waals surface area (Å²) in [6.07, 6.45) is 1.22. The van der Waals surface area contributed by atoms with Crippen molar-refractivity contribution in [3.63, 3.8) is 0 Å². The zero-order valence-corrected chi connectivity index (χ0v) is 23.1. The van der Waals surface area contributed by atoms with E-state index in [1.165, 1.54) is 12.1 Å². The van der Waals surface area contributed by atoms with Gasteiger partial charge in [-0.3, -0.25) is 0 Å². The van der Waals surface area contributed by atoms with Crippen molar-refractivity contribution >= 4 is 33.9 Å². The van der Waals surface area contributed by atoms with Gasteiger partial charge in [-0.05, 0) is 67.8 Å². The Morgan fingerprint density at radius 3 is 2.41 bits per heavy atom. The van der Waals surface area contributed by atoms with Gasteiger partial charge in [0.1, 0.15) is 28.7 Å². The summed E-state index contributed by atoms with van der Waals surface area (Å²) in [5.74, 6) is 0.152. The van der Waals surface area contributed by atoms with Crippen molar-refractivity contribution in [1.29, 1.82) is 0 Å². The number of para-hydroxylation sites is 1. The van der Waals surface area contributed by atoms with E-state index in [9.17, 15) is 14.4 Å². The molecule has 1 atom stereocenters. The van der Waals surface area contributed by atoms with Gasteiger partial charge in [-0.25, -0.2) is 14.4 Å². The summed E-state index contributed by atoms with van der Waals surface area (Å²) in [5, 5.41) is 4.24. The molecule has 9 heteroatoms. The molecule has 0 bridgehead atoms. The average molecular weight is 555 g/mol. The molecule has 1 unspecified atom stereocenters. The summed E-state index contributed by atoms with van der Waals surface area (Å²) in [4.78, 5) is 41.6. The van der Waals surface area contributed by atoms with Crippen LogP contribution in [0.2, 0.25) is 0 Å². The highest BCUT2D eigenvalue weighted by Crippen LogP contribution is 2.31.